The van der Waals surface area contributed by atoms with Crippen LogP contribution in [-0.4, -0.2) is 19.8 Å². The number of hydrogen-bond acceptors (Lipinski definition) is 2. The predicted octanol–water partition coefficient (Wildman–Crippen LogP) is 2.35. The van der Waals surface area contributed by atoms with Crippen molar-refractivity contribution in [2.75, 3.05) is 19.8 Å². The zero-order valence-electron chi connectivity index (χ0n) is 8.01. The van der Waals surface area contributed by atoms with Gasteiger partial charge in [0.15, 0.2) is 0 Å². The van der Waals surface area contributed by atoms with E-state index in [4.69, 9.17) is 9.47 Å². The SMILES string of the molecule is C/C=C/OCCC1(C)CCOC1. The molecule has 0 aromatic carbocycles. The third-order valence-corrected chi connectivity index (χ3v) is 2.36. The summed E-state index contributed by atoms with van der Waals surface area (Å²) >= 11 is 0. The number of ether oxygens (including phenoxy) is 2. The van der Waals surface area contributed by atoms with Crippen LogP contribution in [-0.2, 0) is 9.47 Å². The number of rotatable bonds is 4. The van der Waals surface area contributed by atoms with Crippen LogP contribution in [0.4, 0.5) is 0 Å². The topological polar surface area (TPSA) is 18.5 Å². The second-order valence-electron chi connectivity index (χ2n) is 3.70. The van der Waals surface area contributed by atoms with Crippen molar-refractivity contribution in [1.82, 2.24) is 0 Å². The summed E-state index contributed by atoms with van der Waals surface area (Å²) in [6.45, 7) is 6.84. The second-order valence-corrected chi connectivity index (χ2v) is 3.70. The third kappa shape index (κ3) is 2.86. The maximum Gasteiger partial charge on any atom is 0.0879 e. The molecule has 0 bridgehead atoms. The molecule has 0 spiro atoms. The first-order chi connectivity index (χ1) is 5.77. The summed E-state index contributed by atoms with van der Waals surface area (Å²) < 4.78 is 10.6. The molecule has 2 nitrogen and oxygen atoms in total. The molecule has 0 aromatic rings. The lowest BCUT2D eigenvalue weighted by atomic mass is 9.87. The van der Waals surface area contributed by atoms with Gasteiger partial charge in [0.1, 0.15) is 0 Å². The van der Waals surface area contributed by atoms with Crippen LogP contribution in [0.3, 0.4) is 0 Å². The molecule has 1 aliphatic rings. The molecule has 12 heavy (non-hydrogen) atoms. The summed E-state index contributed by atoms with van der Waals surface area (Å²) in [5, 5.41) is 0. The van der Waals surface area contributed by atoms with E-state index in [2.05, 4.69) is 6.92 Å². The van der Waals surface area contributed by atoms with E-state index >= 15 is 0 Å². The zero-order chi connectivity index (χ0) is 8.86. The van der Waals surface area contributed by atoms with Gasteiger partial charge in [-0.2, -0.15) is 0 Å². The summed E-state index contributed by atoms with van der Waals surface area (Å²) in [6.07, 6.45) is 5.93. The standard InChI is InChI=1S/C10H18O2/c1-3-6-11-7-4-10(2)5-8-12-9-10/h3,6H,4-5,7-9H2,1-2H3/b6-3+. The molecule has 1 fully saturated rings. The fourth-order valence-corrected chi connectivity index (χ4v) is 1.38. The second kappa shape index (κ2) is 4.51. The molecule has 0 aliphatic carbocycles. The Kier molecular flexibility index (Phi) is 3.60. The molecule has 1 aliphatic heterocycles. The molecule has 2 heteroatoms. The number of allylic oxidation sites excluding steroid dienone is 1. The fourth-order valence-electron chi connectivity index (χ4n) is 1.38. The van der Waals surface area contributed by atoms with Crippen LogP contribution in [0.15, 0.2) is 12.3 Å². The average Bonchev–Trinajstić information content (AvgIpc) is 2.47. The molecule has 1 atom stereocenters. The number of hydrogen-bond donors (Lipinski definition) is 0. The van der Waals surface area contributed by atoms with Crippen LogP contribution in [0, 0.1) is 5.41 Å². The normalized spacial score (nSPS) is 29.8. The van der Waals surface area contributed by atoms with Gasteiger partial charge in [-0.3, -0.25) is 0 Å². The van der Waals surface area contributed by atoms with Crippen molar-refractivity contribution in [3.63, 3.8) is 0 Å². The van der Waals surface area contributed by atoms with E-state index in [-0.39, 0.29) is 0 Å². The highest BCUT2D eigenvalue weighted by molar-refractivity contribution is 4.78. The zero-order valence-corrected chi connectivity index (χ0v) is 8.01. The average molecular weight is 170 g/mol. The highest BCUT2D eigenvalue weighted by Gasteiger charge is 2.29. The lowest BCUT2D eigenvalue weighted by Gasteiger charge is -2.20. The molecule has 0 aromatic heterocycles. The minimum atomic E-state index is 0.363. The maximum atomic E-state index is 5.34. The van der Waals surface area contributed by atoms with Gasteiger partial charge in [0.25, 0.3) is 0 Å². The first kappa shape index (κ1) is 9.59. The Labute approximate surface area is 74.6 Å². The lowest BCUT2D eigenvalue weighted by molar-refractivity contribution is 0.131. The smallest absolute Gasteiger partial charge is 0.0879 e. The van der Waals surface area contributed by atoms with Gasteiger partial charge in [0, 0.05) is 6.61 Å². The van der Waals surface area contributed by atoms with Gasteiger partial charge in [-0.25, -0.2) is 0 Å². The Morgan fingerprint density at radius 1 is 1.58 bits per heavy atom. The summed E-state index contributed by atoms with van der Waals surface area (Å²) in [4.78, 5) is 0. The van der Waals surface area contributed by atoms with Crippen molar-refractivity contribution in [3.8, 4) is 0 Å². The Hall–Kier alpha value is -0.500. The first-order valence-electron chi connectivity index (χ1n) is 4.57. The fraction of sp³-hybridized carbons (Fsp3) is 0.800. The van der Waals surface area contributed by atoms with E-state index in [1.807, 2.05) is 13.0 Å². The van der Waals surface area contributed by atoms with Gasteiger partial charge >= 0.3 is 0 Å². The molecule has 70 valence electrons. The van der Waals surface area contributed by atoms with E-state index in [1.54, 1.807) is 6.26 Å². The Balaban J connectivity index is 2.12. The van der Waals surface area contributed by atoms with E-state index in [0.717, 1.165) is 26.2 Å². The largest absolute Gasteiger partial charge is 0.502 e. The Bertz CT molecular complexity index is 146. The van der Waals surface area contributed by atoms with Crippen molar-refractivity contribution in [2.45, 2.75) is 26.7 Å². The van der Waals surface area contributed by atoms with Crippen LogP contribution in [0.25, 0.3) is 0 Å². The van der Waals surface area contributed by atoms with E-state index < -0.39 is 0 Å². The maximum absolute atomic E-state index is 5.34. The van der Waals surface area contributed by atoms with E-state index in [1.165, 1.54) is 6.42 Å². The molecule has 0 N–H and O–H groups in total. The van der Waals surface area contributed by atoms with Crippen molar-refractivity contribution in [2.24, 2.45) is 5.41 Å². The lowest BCUT2D eigenvalue weighted by Crippen LogP contribution is -2.17. The summed E-state index contributed by atoms with van der Waals surface area (Å²) in [5.41, 5.74) is 0.363. The van der Waals surface area contributed by atoms with Crippen LogP contribution in [0.5, 0.6) is 0 Å². The van der Waals surface area contributed by atoms with Crippen LogP contribution in [0.1, 0.15) is 26.7 Å². The van der Waals surface area contributed by atoms with Crippen LogP contribution in [0.2, 0.25) is 0 Å². The van der Waals surface area contributed by atoms with Gasteiger partial charge in [0.2, 0.25) is 0 Å². The van der Waals surface area contributed by atoms with E-state index in [9.17, 15) is 0 Å². The highest BCUT2D eigenvalue weighted by atomic mass is 16.5. The summed E-state index contributed by atoms with van der Waals surface area (Å²) in [7, 11) is 0. The van der Waals surface area contributed by atoms with Gasteiger partial charge in [-0.15, -0.1) is 0 Å². The molecule has 1 unspecified atom stereocenters. The Morgan fingerprint density at radius 2 is 2.42 bits per heavy atom. The summed E-state index contributed by atoms with van der Waals surface area (Å²) in [5.74, 6) is 0. The molecule has 1 saturated heterocycles. The molecule has 0 amide bonds. The van der Waals surface area contributed by atoms with E-state index in [0.29, 0.717) is 5.41 Å². The van der Waals surface area contributed by atoms with Crippen LogP contribution >= 0.6 is 0 Å². The molecule has 1 rings (SSSR count). The van der Waals surface area contributed by atoms with Crippen LogP contribution < -0.4 is 0 Å². The monoisotopic (exact) mass is 170 g/mol. The van der Waals surface area contributed by atoms with Gasteiger partial charge in [0.05, 0.1) is 19.5 Å². The van der Waals surface area contributed by atoms with Gasteiger partial charge in [-0.1, -0.05) is 13.0 Å². The molecule has 0 saturated carbocycles. The summed E-state index contributed by atoms with van der Waals surface area (Å²) in [6, 6.07) is 0. The minimum Gasteiger partial charge on any atom is -0.502 e. The first-order valence-corrected chi connectivity index (χ1v) is 4.57. The van der Waals surface area contributed by atoms with Crippen molar-refractivity contribution in [3.05, 3.63) is 12.3 Å². The van der Waals surface area contributed by atoms with Gasteiger partial charge < -0.3 is 9.47 Å². The quantitative estimate of drug-likeness (QED) is 0.476. The van der Waals surface area contributed by atoms with Crippen molar-refractivity contribution >= 4 is 0 Å². The molecular weight excluding hydrogens is 152 g/mol. The highest BCUT2D eigenvalue weighted by Crippen LogP contribution is 2.31. The Morgan fingerprint density at radius 3 is 3.00 bits per heavy atom. The third-order valence-electron chi connectivity index (χ3n) is 2.36. The minimum absolute atomic E-state index is 0.363. The molecule has 1 heterocycles. The van der Waals surface area contributed by atoms with Crippen molar-refractivity contribution < 1.29 is 9.47 Å². The van der Waals surface area contributed by atoms with Gasteiger partial charge in [-0.05, 0) is 25.2 Å². The predicted molar refractivity (Wildman–Crippen MR) is 48.9 cm³/mol. The molecular formula is C10H18O2. The van der Waals surface area contributed by atoms with Crippen molar-refractivity contribution in [1.29, 1.82) is 0 Å². The molecule has 0 radical (unpaired) electrons.